The van der Waals surface area contributed by atoms with Crippen molar-refractivity contribution in [2.45, 2.75) is 57.1 Å². The Balaban J connectivity index is 1.14. The molecule has 33 heavy (non-hydrogen) atoms. The molecule has 4 aliphatic carbocycles. The lowest BCUT2D eigenvalue weighted by molar-refractivity contribution is -0.168. The highest BCUT2D eigenvalue weighted by molar-refractivity contribution is 5.94. The molecule has 1 aromatic carbocycles. The van der Waals surface area contributed by atoms with Crippen LogP contribution in [0.5, 0.6) is 0 Å². The van der Waals surface area contributed by atoms with Crippen molar-refractivity contribution in [3.05, 3.63) is 35.4 Å². The standard InChI is InChI=1S/C25H32F4N2O2/c26-24(27)25(28,29)15-33-14-16-2-1-3-19(9-16)23(32)31-6-4-30(5-7-31)22-20-10-17-8-18(12-20)13-21(22)11-17/h1-3,9,17-18,20-22,24H,4-8,10-15H2. The molecule has 1 heterocycles. The predicted octanol–water partition coefficient (Wildman–Crippen LogP) is 4.69. The van der Waals surface area contributed by atoms with E-state index in [-0.39, 0.29) is 12.5 Å². The Morgan fingerprint density at radius 2 is 1.64 bits per heavy atom. The first kappa shape index (κ1) is 23.1. The molecule has 0 unspecified atom stereocenters. The molecule has 5 fully saturated rings. The number of amides is 1. The lowest BCUT2D eigenvalue weighted by atomic mass is 9.54. The van der Waals surface area contributed by atoms with Gasteiger partial charge in [0.05, 0.1) is 6.61 Å². The number of benzene rings is 1. The Kier molecular flexibility index (Phi) is 6.42. The van der Waals surface area contributed by atoms with Gasteiger partial charge in [-0.3, -0.25) is 9.69 Å². The fraction of sp³-hybridized carbons (Fsp3) is 0.720. The smallest absolute Gasteiger partial charge is 0.330 e. The van der Waals surface area contributed by atoms with Crippen LogP contribution in [-0.2, 0) is 11.3 Å². The zero-order valence-corrected chi connectivity index (χ0v) is 18.8. The fourth-order valence-electron chi connectivity index (χ4n) is 7.06. The molecule has 8 heteroatoms. The van der Waals surface area contributed by atoms with Crippen molar-refractivity contribution in [1.82, 2.24) is 9.80 Å². The second kappa shape index (κ2) is 9.17. The number of alkyl halides is 4. The maximum Gasteiger partial charge on any atom is 0.330 e. The zero-order chi connectivity index (χ0) is 23.2. The van der Waals surface area contributed by atoms with Gasteiger partial charge < -0.3 is 9.64 Å². The molecule has 0 N–H and O–H groups in total. The summed E-state index contributed by atoms with van der Waals surface area (Å²) in [5.41, 5.74) is 0.984. The van der Waals surface area contributed by atoms with E-state index in [0.717, 1.165) is 36.8 Å². The van der Waals surface area contributed by atoms with Gasteiger partial charge in [0, 0.05) is 37.8 Å². The Hall–Kier alpha value is -1.67. The van der Waals surface area contributed by atoms with Crippen LogP contribution in [0.1, 0.15) is 48.0 Å². The van der Waals surface area contributed by atoms with Crippen LogP contribution < -0.4 is 0 Å². The molecule has 0 radical (unpaired) electrons. The Morgan fingerprint density at radius 1 is 1.00 bits per heavy atom. The van der Waals surface area contributed by atoms with Gasteiger partial charge in [0.15, 0.2) is 0 Å². The van der Waals surface area contributed by atoms with Crippen LogP contribution in [0.25, 0.3) is 0 Å². The van der Waals surface area contributed by atoms with E-state index >= 15 is 0 Å². The van der Waals surface area contributed by atoms with E-state index in [1.54, 1.807) is 24.3 Å². The van der Waals surface area contributed by atoms with Gasteiger partial charge in [-0.1, -0.05) is 12.1 Å². The van der Waals surface area contributed by atoms with Crippen molar-refractivity contribution >= 4 is 5.91 Å². The molecule has 1 aliphatic heterocycles. The van der Waals surface area contributed by atoms with E-state index in [1.807, 2.05) is 4.90 Å². The second-order valence-electron chi connectivity index (χ2n) is 10.5. The molecule has 1 amide bonds. The van der Waals surface area contributed by atoms with Crippen LogP contribution >= 0.6 is 0 Å². The van der Waals surface area contributed by atoms with Crippen molar-refractivity contribution in [2.24, 2.45) is 23.7 Å². The molecule has 4 nitrogen and oxygen atoms in total. The first-order valence-corrected chi connectivity index (χ1v) is 12.2. The quantitative estimate of drug-likeness (QED) is 0.545. The van der Waals surface area contributed by atoms with Crippen LogP contribution in [-0.4, -0.2) is 66.9 Å². The minimum atomic E-state index is -4.18. The van der Waals surface area contributed by atoms with E-state index in [9.17, 15) is 22.4 Å². The maximum absolute atomic E-state index is 13.0. The summed E-state index contributed by atoms with van der Waals surface area (Å²) in [6, 6.07) is 7.29. The molecule has 0 spiro atoms. The van der Waals surface area contributed by atoms with Crippen LogP contribution in [0.2, 0.25) is 0 Å². The van der Waals surface area contributed by atoms with Gasteiger partial charge in [-0.15, -0.1) is 0 Å². The molecular formula is C25H32F4N2O2. The summed E-state index contributed by atoms with van der Waals surface area (Å²) >= 11 is 0. The van der Waals surface area contributed by atoms with Crippen molar-refractivity contribution in [3.63, 3.8) is 0 Å². The van der Waals surface area contributed by atoms with E-state index in [1.165, 1.54) is 32.1 Å². The highest BCUT2D eigenvalue weighted by atomic mass is 19.3. The third-order valence-corrected chi connectivity index (χ3v) is 8.26. The van der Waals surface area contributed by atoms with E-state index in [0.29, 0.717) is 30.3 Å². The number of halogens is 4. The number of carbonyl (C=O) groups is 1. The fourth-order valence-corrected chi connectivity index (χ4v) is 7.06. The molecule has 0 aromatic heterocycles. The third kappa shape index (κ3) is 4.78. The average Bonchev–Trinajstić information content (AvgIpc) is 2.78. The first-order valence-electron chi connectivity index (χ1n) is 12.2. The van der Waals surface area contributed by atoms with Gasteiger partial charge in [-0.05, 0) is 73.5 Å². The van der Waals surface area contributed by atoms with E-state index in [2.05, 4.69) is 4.90 Å². The predicted molar refractivity (Wildman–Crippen MR) is 115 cm³/mol. The summed E-state index contributed by atoms with van der Waals surface area (Å²) < 4.78 is 55.4. The molecule has 4 bridgehead atoms. The molecule has 182 valence electrons. The summed E-state index contributed by atoms with van der Waals surface area (Å²) in [4.78, 5) is 17.5. The number of carbonyl (C=O) groups excluding carboxylic acids is 1. The van der Waals surface area contributed by atoms with E-state index < -0.39 is 19.0 Å². The van der Waals surface area contributed by atoms with Gasteiger partial charge in [-0.2, -0.15) is 8.78 Å². The maximum atomic E-state index is 13.0. The first-order chi connectivity index (χ1) is 15.8. The highest BCUT2D eigenvalue weighted by Crippen LogP contribution is 2.55. The Labute approximate surface area is 192 Å². The van der Waals surface area contributed by atoms with E-state index in [4.69, 9.17) is 4.74 Å². The normalized spacial score (nSPS) is 32.0. The highest BCUT2D eigenvalue weighted by Gasteiger charge is 2.50. The van der Waals surface area contributed by atoms with Gasteiger partial charge >= 0.3 is 12.3 Å². The Bertz CT molecular complexity index is 829. The minimum Gasteiger partial charge on any atom is -0.370 e. The van der Waals surface area contributed by atoms with Crippen molar-refractivity contribution in [2.75, 3.05) is 32.8 Å². The second-order valence-corrected chi connectivity index (χ2v) is 10.5. The van der Waals surface area contributed by atoms with Crippen molar-refractivity contribution < 1.29 is 27.1 Å². The molecule has 1 aromatic rings. The minimum absolute atomic E-state index is 0.0838. The molecule has 4 saturated carbocycles. The van der Waals surface area contributed by atoms with Crippen LogP contribution in [0, 0.1) is 23.7 Å². The number of ether oxygens (including phenoxy) is 1. The summed E-state index contributed by atoms with van der Waals surface area (Å²) in [5.74, 6) is -0.701. The zero-order valence-electron chi connectivity index (χ0n) is 18.8. The van der Waals surface area contributed by atoms with Gasteiger partial charge in [0.1, 0.15) is 6.61 Å². The van der Waals surface area contributed by atoms with Gasteiger partial charge in [0.2, 0.25) is 0 Å². The summed E-state index contributed by atoms with van der Waals surface area (Å²) in [6.07, 6.45) is 3.22. The Morgan fingerprint density at radius 3 is 2.24 bits per heavy atom. The molecule has 6 rings (SSSR count). The monoisotopic (exact) mass is 468 g/mol. The largest absolute Gasteiger partial charge is 0.370 e. The number of rotatable bonds is 7. The summed E-state index contributed by atoms with van der Waals surface area (Å²) in [5, 5.41) is 0. The number of hydrogen-bond donors (Lipinski definition) is 0. The van der Waals surface area contributed by atoms with Crippen molar-refractivity contribution in [1.29, 1.82) is 0 Å². The number of nitrogens with zero attached hydrogens (tertiary/aromatic N) is 2. The number of piperazine rings is 1. The molecular weight excluding hydrogens is 436 g/mol. The number of hydrogen-bond acceptors (Lipinski definition) is 3. The molecule has 1 saturated heterocycles. The topological polar surface area (TPSA) is 32.8 Å². The van der Waals surface area contributed by atoms with Crippen LogP contribution in [0.3, 0.4) is 0 Å². The van der Waals surface area contributed by atoms with Gasteiger partial charge in [-0.25, -0.2) is 8.78 Å². The lowest BCUT2D eigenvalue weighted by Crippen LogP contribution is -2.60. The van der Waals surface area contributed by atoms with Gasteiger partial charge in [0.25, 0.3) is 5.91 Å². The molecule has 0 atom stereocenters. The SMILES string of the molecule is O=C(c1cccc(COCC(F)(F)C(F)F)c1)N1CCN(C2C3CC4CC(C3)CC2C4)CC1. The molecule has 5 aliphatic rings. The summed E-state index contributed by atoms with van der Waals surface area (Å²) in [6.45, 7) is 1.56. The third-order valence-electron chi connectivity index (χ3n) is 8.26. The lowest BCUT2D eigenvalue weighted by Gasteiger charge is -2.58. The van der Waals surface area contributed by atoms with Crippen molar-refractivity contribution in [3.8, 4) is 0 Å². The summed E-state index contributed by atoms with van der Waals surface area (Å²) in [7, 11) is 0. The van der Waals surface area contributed by atoms with Crippen LogP contribution in [0.4, 0.5) is 17.6 Å². The van der Waals surface area contributed by atoms with Crippen LogP contribution in [0.15, 0.2) is 24.3 Å². The average molecular weight is 469 g/mol.